The van der Waals surface area contributed by atoms with Crippen LogP contribution < -0.4 is 10.5 Å². The van der Waals surface area contributed by atoms with Crippen molar-refractivity contribution in [2.75, 3.05) is 7.11 Å². The van der Waals surface area contributed by atoms with Crippen molar-refractivity contribution in [3.8, 4) is 5.75 Å². The van der Waals surface area contributed by atoms with Crippen LogP contribution in [0.3, 0.4) is 0 Å². The minimum atomic E-state index is -0.0000945. The van der Waals surface area contributed by atoms with Crippen molar-refractivity contribution in [2.24, 2.45) is 5.73 Å². The SMILES string of the molecule is COc1ccccc1Sc1ccc(Cl)cc1C(=N)N. The Morgan fingerprint density at radius 2 is 1.95 bits per heavy atom. The number of halogens is 1. The molecule has 0 radical (unpaired) electrons. The molecule has 2 aromatic carbocycles. The van der Waals surface area contributed by atoms with Gasteiger partial charge in [0.25, 0.3) is 0 Å². The van der Waals surface area contributed by atoms with E-state index in [0.29, 0.717) is 10.6 Å². The molecular formula is C14H13ClN2OS. The predicted octanol–water partition coefficient (Wildman–Crippen LogP) is 3.78. The van der Waals surface area contributed by atoms with Crippen LogP contribution in [0.1, 0.15) is 5.56 Å². The zero-order chi connectivity index (χ0) is 13.8. The van der Waals surface area contributed by atoms with Crippen molar-refractivity contribution < 1.29 is 4.74 Å². The van der Waals surface area contributed by atoms with Crippen molar-refractivity contribution in [1.82, 2.24) is 0 Å². The summed E-state index contributed by atoms with van der Waals surface area (Å²) < 4.78 is 5.31. The summed E-state index contributed by atoms with van der Waals surface area (Å²) in [6, 6.07) is 13.0. The minimum absolute atomic E-state index is 0.0000945. The lowest BCUT2D eigenvalue weighted by atomic mass is 10.2. The molecule has 0 saturated heterocycles. The molecule has 0 aliphatic heterocycles. The maximum absolute atomic E-state index is 7.61. The lowest BCUT2D eigenvalue weighted by Gasteiger charge is -2.11. The van der Waals surface area contributed by atoms with E-state index in [4.69, 9.17) is 27.5 Å². The van der Waals surface area contributed by atoms with E-state index in [0.717, 1.165) is 15.5 Å². The second kappa shape index (κ2) is 5.99. The fourth-order valence-electron chi connectivity index (χ4n) is 1.62. The van der Waals surface area contributed by atoms with Gasteiger partial charge in [-0.2, -0.15) is 0 Å². The Morgan fingerprint density at radius 3 is 2.63 bits per heavy atom. The third-order valence-corrected chi connectivity index (χ3v) is 3.89. The van der Waals surface area contributed by atoms with Crippen LogP contribution in [0, 0.1) is 5.41 Å². The van der Waals surface area contributed by atoms with Crippen LogP contribution in [0.25, 0.3) is 0 Å². The van der Waals surface area contributed by atoms with Crippen LogP contribution in [0.5, 0.6) is 5.75 Å². The number of hydrogen-bond acceptors (Lipinski definition) is 3. The molecule has 2 rings (SSSR count). The molecule has 2 aromatic rings. The number of rotatable bonds is 4. The highest BCUT2D eigenvalue weighted by atomic mass is 35.5. The van der Waals surface area contributed by atoms with Crippen LogP contribution >= 0.6 is 23.4 Å². The molecule has 0 heterocycles. The summed E-state index contributed by atoms with van der Waals surface area (Å²) in [6.07, 6.45) is 0. The lowest BCUT2D eigenvalue weighted by Crippen LogP contribution is -2.12. The summed E-state index contributed by atoms with van der Waals surface area (Å²) in [5.74, 6) is 0.789. The fraction of sp³-hybridized carbons (Fsp3) is 0.0714. The Bertz CT molecular complexity index is 616. The Balaban J connectivity index is 2.41. The smallest absolute Gasteiger partial charge is 0.132 e. The summed E-state index contributed by atoms with van der Waals surface area (Å²) in [4.78, 5) is 1.84. The van der Waals surface area contributed by atoms with E-state index in [1.165, 1.54) is 11.8 Å². The minimum Gasteiger partial charge on any atom is -0.496 e. The van der Waals surface area contributed by atoms with E-state index in [9.17, 15) is 0 Å². The van der Waals surface area contributed by atoms with E-state index in [-0.39, 0.29) is 5.84 Å². The van der Waals surface area contributed by atoms with Crippen LogP contribution in [-0.2, 0) is 0 Å². The predicted molar refractivity (Wildman–Crippen MR) is 79.6 cm³/mol. The first-order valence-electron chi connectivity index (χ1n) is 5.56. The Kier molecular flexibility index (Phi) is 4.35. The number of nitrogens with two attached hydrogens (primary N) is 1. The summed E-state index contributed by atoms with van der Waals surface area (Å²) in [7, 11) is 1.63. The molecule has 0 aromatic heterocycles. The average molecular weight is 293 g/mol. The average Bonchev–Trinajstić information content (AvgIpc) is 2.41. The summed E-state index contributed by atoms with van der Waals surface area (Å²) >= 11 is 7.43. The molecule has 0 spiro atoms. The molecule has 0 bridgehead atoms. The molecule has 98 valence electrons. The third-order valence-electron chi connectivity index (χ3n) is 2.52. The number of nitrogen functional groups attached to an aromatic ring is 1. The molecule has 0 saturated carbocycles. The van der Waals surface area contributed by atoms with Gasteiger partial charge in [-0.3, -0.25) is 5.41 Å². The van der Waals surface area contributed by atoms with Gasteiger partial charge in [-0.05, 0) is 30.3 Å². The van der Waals surface area contributed by atoms with Gasteiger partial charge in [0.1, 0.15) is 11.6 Å². The second-order valence-corrected chi connectivity index (χ2v) is 5.33. The fourth-order valence-corrected chi connectivity index (χ4v) is 2.85. The number of benzene rings is 2. The van der Waals surface area contributed by atoms with E-state index in [1.54, 1.807) is 19.2 Å². The van der Waals surface area contributed by atoms with Gasteiger partial charge in [0.05, 0.1) is 12.0 Å². The molecule has 0 amide bonds. The van der Waals surface area contributed by atoms with E-state index >= 15 is 0 Å². The number of methoxy groups -OCH3 is 1. The number of amidine groups is 1. The normalized spacial score (nSPS) is 10.2. The topological polar surface area (TPSA) is 59.1 Å². The van der Waals surface area contributed by atoms with Gasteiger partial charge in [-0.15, -0.1) is 0 Å². The van der Waals surface area contributed by atoms with Crippen LogP contribution in [-0.4, -0.2) is 12.9 Å². The highest BCUT2D eigenvalue weighted by molar-refractivity contribution is 7.99. The van der Waals surface area contributed by atoms with Gasteiger partial charge in [-0.25, -0.2) is 0 Å². The van der Waals surface area contributed by atoms with Gasteiger partial charge < -0.3 is 10.5 Å². The molecule has 3 nitrogen and oxygen atoms in total. The number of nitrogens with one attached hydrogen (secondary N) is 1. The van der Waals surface area contributed by atoms with Crippen molar-refractivity contribution in [3.63, 3.8) is 0 Å². The first-order chi connectivity index (χ1) is 9.11. The zero-order valence-electron chi connectivity index (χ0n) is 10.3. The largest absolute Gasteiger partial charge is 0.496 e. The highest BCUT2D eigenvalue weighted by Crippen LogP contribution is 2.37. The first-order valence-corrected chi connectivity index (χ1v) is 6.76. The molecule has 0 fully saturated rings. The Labute approximate surface area is 121 Å². The molecule has 0 aliphatic rings. The lowest BCUT2D eigenvalue weighted by molar-refractivity contribution is 0.405. The third kappa shape index (κ3) is 3.22. The summed E-state index contributed by atoms with van der Waals surface area (Å²) in [5.41, 5.74) is 6.22. The number of para-hydroxylation sites is 1. The molecule has 0 unspecified atom stereocenters. The Morgan fingerprint density at radius 1 is 1.21 bits per heavy atom. The second-order valence-electron chi connectivity index (χ2n) is 3.81. The molecule has 3 N–H and O–H groups in total. The van der Waals surface area contributed by atoms with Crippen LogP contribution in [0.4, 0.5) is 0 Å². The first kappa shape index (κ1) is 13.8. The quantitative estimate of drug-likeness (QED) is 0.666. The van der Waals surface area contributed by atoms with Gasteiger partial charge in [-0.1, -0.05) is 35.5 Å². The van der Waals surface area contributed by atoms with Gasteiger partial charge in [0, 0.05) is 15.5 Å². The molecular weight excluding hydrogens is 280 g/mol. The van der Waals surface area contributed by atoms with E-state index in [1.807, 2.05) is 30.3 Å². The van der Waals surface area contributed by atoms with E-state index in [2.05, 4.69) is 0 Å². The van der Waals surface area contributed by atoms with E-state index < -0.39 is 0 Å². The standard InChI is InChI=1S/C14H13ClN2OS/c1-18-11-4-2-3-5-13(11)19-12-7-6-9(15)8-10(12)14(16)17/h2-8H,1H3,(H3,16,17). The molecule has 0 atom stereocenters. The van der Waals surface area contributed by atoms with Crippen LogP contribution in [0.15, 0.2) is 52.3 Å². The molecule has 19 heavy (non-hydrogen) atoms. The van der Waals surface area contributed by atoms with Crippen molar-refractivity contribution in [2.45, 2.75) is 9.79 Å². The summed E-state index contributed by atoms with van der Waals surface area (Å²) in [5, 5.41) is 8.18. The molecule has 0 aliphatic carbocycles. The monoisotopic (exact) mass is 292 g/mol. The number of hydrogen-bond donors (Lipinski definition) is 2. The van der Waals surface area contributed by atoms with Crippen molar-refractivity contribution in [3.05, 3.63) is 53.1 Å². The van der Waals surface area contributed by atoms with Gasteiger partial charge >= 0.3 is 0 Å². The van der Waals surface area contributed by atoms with Gasteiger partial charge in [0.2, 0.25) is 0 Å². The zero-order valence-corrected chi connectivity index (χ0v) is 11.9. The molecule has 5 heteroatoms. The number of ether oxygens (including phenoxy) is 1. The summed E-state index contributed by atoms with van der Waals surface area (Å²) in [6.45, 7) is 0. The maximum atomic E-state index is 7.61. The van der Waals surface area contributed by atoms with Crippen LogP contribution in [0.2, 0.25) is 5.02 Å². The van der Waals surface area contributed by atoms with Gasteiger partial charge in [0.15, 0.2) is 0 Å². The highest BCUT2D eigenvalue weighted by Gasteiger charge is 2.10. The maximum Gasteiger partial charge on any atom is 0.132 e. The Hall–Kier alpha value is -1.65. The van der Waals surface area contributed by atoms with Crippen molar-refractivity contribution >= 4 is 29.2 Å². The van der Waals surface area contributed by atoms with Crippen molar-refractivity contribution in [1.29, 1.82) is 5.41 Å².